The number of morpholine rings is 1. The summed E-state index contributed by atoms with van der Waals surface area (Å²) in [5, 5.41) is 14.2. The number of carboxylic acid groups (broad SMARTS) is 1. The second-order valence-corrected chi connectivity index (χ2v) is 11.7. The van der Waals surface area contributed by atoms with Crippen LogP contribution < -0.4 is 10.1 Å². The molecule has 4 heterocycles. The molecular formula is C35H41N5O4. The van der Waals surface area contributed by atoms with Crippen molar-refractivity contribution in [3.05, 3.63) is 78.1 Å². The third-order valence-corrected chi connectivity index (χ3v) is 8.66. The summed E-state index contributed by atoms with van der Waals surface area (Å²) in [4.78, 5) is 25.6. The van der Waals surface area contributed by atoms with Crippen molar-refractivity contribution in [3.63, 3.8) is 0 Å². The van der Waals surface area contributed by atoms with E-state index in [1.807, 2.05) is 24.4 Å². The highest BCUT2D eigenvalue weighted by atomic mass is 16.5. The number of aromatic nitrogens is 2. The fourth-order valence-electron chi connectivity index (χ4n) is 6.25. The van der Waals surface area contributed by atoms with Gasteiger partial charge in [-0.05, 0) is 85.3 Å². The monoisotopic (exact) mass is 595 g/mol. The molecule has 0 amide bonds. The number of piperidine rings is 1. The number of anilines is 2. The molecule has 2 N–H and O–H groups in total. The molecule has 2 aromatic carbocycles. The molecule has 9 heteroatoms. The number of hydrogen-bond donors (Lipinski definition) is 2. The van der Waals surface area contributed by atoms with Crippen LogP contribution in [-0.2, 0) is 16.1 Å². The number of carbonyl (C=O) groups is 1. The number of hydrogen-bond acceptors (Lipinski definition) is 8. The van der Waals surface area contributed by atoms with Gasteiger partial charge >= 0.3 is 5.97 Å². The summed E-state index contributed by atoms with van der Waals surface area (Å²) in [7, 11) is 0. The number of nitrogens with one attached hydrogen (secondary N) is 1. The largest absolute Gasteiger partial charge is 0.494 e. The van der Waals surface area contributed by atoms with Gasteiger partial charge in [0.15, 0.2) is 5.82 Å². The minimum atomic E-state index is -0.745. The number of ether oxygens (including phenoxy) is 2. The van der Waals surface area contributed by atoms with E-state index in [-0.39, 0.29) is 0 Å². The van der Waals surface area contributed by atoms with Gasteiger partial charge in [0.25, 0.3) is 0 Å². The first-order chi connectivity index (χ1) is 21.5. The van der Waals surface area contributed by atoms with Crippen LogP contribution in [-0.4, -0.2) is 82.9 Å². The fourth-order valence-corrected chi connectivity index (χ4v) is 6.25. The maximum absolute atomic E-state index is 11.8. The van der Waals surface area contributed by atoms with Gasteiger partial charge in [-0.2, -0.15) is 0 Å². The van der Waals surface area contributed by atoms with Crippen molar-refractivity contribution in [2.24, 2.45) is 0 Å². The van der Waals surface area contributed by atoms with Gasteiger partial charge in [0.1, 0.15) is 17.3 Å². The molecule has 44 heavy (non-hydrogen) atoms. The molecule has 0 bridgehead atoms. The van der Waals surface area contributed by atoms with Crippen molar-refractivity contribution in [1.82, 2.24) is 19.8 Å². The Bertz CT molecular complexity index is 1590. The van der Waals surface area contributed by atoms with Crippen LogP contribution in [0.3, 0.4) is 0 Å². The van der Waals surface area contributed by atoms with E-state index in [9.17, 15) is 9.90 Å². The van der Waals surface area contributed by atoms with Gasteiger partial charge in [0.2, 0.25) is 0 Å². The molecule has 4 aromatic rings. The third kappa shape index (κ3) is 7.18. The Balaban J connectivity index is 1.14. The lowest BCUT2D eigenvalue weighted by atomic mass is 9.99. The molecule has 2 aliphatic heterocycles. The fraction of sp³-hybridized carbons (Fsp3) is 0.400. The van der Waals surface area contributed by atoms with E-state index in [1.165, 1.54) is 0 Å². The summed E-state index contributed by atoms with van der Waals surface area (Å²) in [6.07, 6.45) is 7.29. The first kappa shape index (κ1) is 30.0. The van der Waals surface area contributed by atoms with E-state index in [2.05, 4.69) is 63.4 Å². The van der Waals surface area contributed by atoms with Gasteiger partial charge in [-0.15, -0.1) is 0 Å². The maximum atomic E-state index is 11.8. The highest BCUT2D eigenvalue weighted by molar-refractivity contribution is 5.91. The van der Waals surface area contributed by atoms with E-state index in [0.717, 1.165) is 103 Å². The standard InChI is InChI=1S/C35H41N5O4/c1-25-30(27-7-4-8-29(22-27)44-18-6-14-39-16-19-43-20-17-39)9-5-10-31(25)38-34-33-28(12-13-36-34)21-26(23-37-33)24-40-15-3-2-11-32(40)35(41)42/h4-5,7-10,12-13,21-23,32H,2-3,6,11,14-20,24H2,1H3,(H,36,38)(H,41,42). The van der Waals surface area contributed by atoms with Crippen LogP contribution in [0.2, 0.25) is 0 Å². The number of pyridine rings is 2. The first-order valence-electron chi connectivity index (χ1n) is 15.7. The molecule has 6 rings (SSSR count). The van der Waals surface area contributed by atoms with Crippen LogP contribution in [0.25, 0.3) is 22.0 Å². The quantitative estimate of drug-likeness (QED) is 0.206. The van der Waals surface area contributed by atoms with Crippen molar-refractivity contribution >= 4 is 28.4 Å². The lowest BCUT2D eigenvalue weighted by Gasteiger charge is -2.32. The lowest BCUT2D eigenvalue weighted by Crippen LogP contribution is -2.44. The number of nitrogens with zero attached hydrogens (tertiary/aromatic N) is 4. The Morgan fingerprint density at radius 2 is 1.93 bits per heavy atom. The maximum Gasteiger partial charge on any atom is 0.320 e. The summed E-state index contributed by atoms with van der Waals surface area (Å²) in [5.74, 6) is 0.815. The smallest absolute Gasteiger partial charge is 0.320 e. The summed E-state index contributed by atoms with van der Waals surface area (Å²) in [6.45, 7) is 8.82. The van der Waals surface area contributed by atoms with Gasteiger partial charge in [-0.1, -0.05) is 30.7 Å². The molecule has 230 valence electrons. The molecular weight excluding hydrogens is 554 g/mol. The predicted molar refractivity (Wildman–Crippen MR) is 172 cm³/mol. The molecule has 0 spiro atoms. The number of likely N-dealkylation sites (tertiary alicyclic amines) is 1. The van der Waals surface area contributed by atoms with Crippen LogP contribution in [0, 0.1) is 6.92 Å². The second kappa shape index (κ2) is 14.2. The summed E-state index contributed by atoms with van der Waals surface area (Å²) in [6, 6.07) is 18.1. The third-order valence-electron chi connectivity index (χ3n) is 8.66. The first-order valence-corrected chi connectivity index (χ1v) is 15.7. The summed E-state index contributed by atoms with van der Waals surface area (Å²) < 4.78 is 11.6. The molecule has 1 unspecified atom stereocenters. The molecule has 2 aliphatic rings. The number of aliphatic carboxylic acids is 1. The van der Waals surface area contributed by atoms with Crippen LogP contribution in [0.1, 0.15) is 36.8 Å². The molecule has 0 radical (unpaired) electrons. The van der Waals surface area contributed by atoms with Crippen LogP contribution >= 0.6 is 0 Å². The molecule has 0 saturated carbocycles. The van der Waals surface area contributed by atoms with Gasteiger partial charge in [-0.3, -0.25) is 19.6 Å². The zero-order valence-electron chi connectivity index (χ0n) is 25.4. The predicted octanol–water partition coefficient (Wildman–Crippen LogP) is 5.89. The second-order valence-electron chi connectivity index (χ2n) is 11.7. The molecule has 2 aromatic heterocycles. The van der Waals surface area contributed by atoms with Crippen molar-refractivity contribution in [1.29, 1.82) is 0 Å². The van der Waals surface area contributed by atoms with Crippen LogP contribution in [0.5, 0.6) is 5.75 Å². The minimum absolute atomic E-state index is 0.433. The van der Waals surface area contributed by atoms with Crippen molar-refractivity contribution in [3.8, 4) is 16.9 Å². The highest BCUT2D eigenvalue weighted by Gasteiger charge is 2.28. The normalized spacial score (nSPS) is 17.9. The van der Waals surface area contributed by atoms with Crippen molar-refractivity contribution in [2.45, 2.75) is 45.2 Å². The van der Waals surface area contributed by atoms with Crippen LogP contribution in [0.15, 0.2) is 67.0 Å². The van der Waals surface area contributed by atoms with Gasteiger partial charge in [0, 0.05) is 49.6 Å². The Labute approximate surface area is 258 Å². The van der Waals surface area contributed by atoms with Crippen molar-refractivity contribution in [2.75, 3.05) is 51.3 Å². The molecule has 0 aliphatic carbocycles. The number of fused-ring (bicyclic) bond motifs is 1. The zero-order valence-corrected chi connectivity index (χ0v) is 25.4. The lowest BCUT2D eigenvalue weighted by molar-refractivity contribution is -0.144. The van der Waals surface area contributed by atoms with E-state index in [4.69, 9.17) is 14.5 Å². The van der Waals surface area contributed by atoms with E-state index >= 15 is 0 Å². The average Bonchev–Trinajstić information content (AvgIpc) is 3.05. The number of rotatable bonds is 11. The topological polar surface area (TPSA) is 100 Å². The zero-order chi connectivity index (χ0) is 30.3. The molecule has 9 nitrogen and oxygen atoms in total. The van der Waals surface area contributed by atoms with Gasteiger partial charge < -0.3 is 19.9 Å². The van der Waals surface area contributed by atoms with E-state index < -0.39 is 12.0 Å². The van der Waals surface area contributed by atoms with Gasteiger partial charge in [-0.25, -0.2) is 4.98 Å². The Hall–Kier alpha value is -4.05. The number of carboxylic acids is 1. The Morgan fingerprint density at radius 3 is 2.80 bits per heavy atom. The van der Waals surface area contributed by atoms with E-state index in [1.54, 1.807) is 6.20 Å². The minimum Gasteiger partial charge on any atom is -0.494 e. The van der Waals surface area contributed by atoms with Crippen molar-refractivity contribution < 1.29 is 19.4 Å². The SMILES string of the molecule is Cc1c(Nc2nccc3cc(CN4CCCCC4C(=O)O)cnc23)cccc1-c1cccc(OCCCN2CCOCC2)c1. The molecule has 1 atom stereocenters. The molecule has 2 saturated heterocycles. The van der Waals surface area contributed by atoms with Gasteiger partial charge in [0.05, 0.1) is 19.8 Å². The average molecular weight is 596 g/mol. The number of benzene rings is 2. The summed E-state index contributed by atoms with van der Waals surface area (Å²) in [5.41, 5.74) is 6.08. The highest BCUT2D eigenvalue weighted by Crippen LogP contribution is 2.33. The Morgan fingerprint density at radius 1 is 1.07 bits per heavy atom. The molecule has 2 fully saturated rings. The Kier molecular flexibility index (Phi) is 9.65. The van der Waals surface area contributed by atoms with Crippen LogP contribution in [0.4, 0.5) is 11.5 Å². The van der Waals surface area contributed by atoms with E-state index in [0.29, 0.717) is 25.4 Å². The summed E-state index contributed by atoms with van der Waals surface area (Å²) >= 11 is 0.